The lowest BCUT2D eigenvalue weighted by molar-refractivity contribution is 0.411. The van der Waals surface area contributed by atoms with Crippen LogP contribution in [0.4, 0.5) is 0 Å². The molecule has 5 rings (SSSR count). The molecule has 5 aromatic rings. The van der Waals surface area contributed by atoms with E-state index in [9.17, 15) is 8.42 Å². The lowest BCUT2D eigenvalue weighted by atomic mass is 10.1. The summed E-state index contributed by atoms with van der Waals surface area (Å²) in [6, 6.07) is 12.4. The van der Waals surface area contributed by atoms with Crippen molar-refractivity contribution in [2.45, 2.75) is 11.8 Å². The van der Waals surface area contributed by atoms with E-state index in [1.807, 2.05) is 25.1 Å². The monoisotopic (exact) mass is 556 g/mol. The van der Waals surface area contributed by atoms with Crippen LogP contribution < -0.4 is 4.74 Å². The molecule has 0 saturated heterocycles. The number of benzene rings is 1. The number of methoxy groups -OCH3 is 1. The number of pyridine rings is 3. The summed E-state index contributed by atoms with van der Waals surface area (Å²) in [5.41, 5.74) is 3.28. The Bertz CT molecular complexity index is 1580. The highest BCUT2D eigenvalue weighted by Crippen LogP contribution is 2.38. The zero-order valence-electron chi connectivity index (χ0n) is 17.2. The van der Waals surface area contributed by atoms with Gasteiger partial charge < -0.3 is 4.74 Å². The molecular formula is C23H17IN4O3S. The average molecular weight is 556 g/mol. The van der Waals surface area contributed by atoms with Crippen molar-refractivity contribution in [2.24, 2.45) is 0 Å². The minimum absolute atomic E-state index is 0.186. The third kappa shape index (κ3) is 3.23. The maximum atomic E-state index is 13.7. The molecule has 0 amide bonds. The second kappa shape index (κ2) is 7.82. The first-order chi connectivity index (χ1) is 15.4. The Balaban J connectivity index is 1.89. The molecule has 9 heteroatoms. The second-order valence-electron chi connectivity index (χ2n) is 7.25. The molecule has 0 radical (unpaired) electrons. The second-order valence-corrected chi connectivity index (χ2v) is 10.1. The maximum Gasteiger partial charge on any atom is 0.269 e. The van der Waals surface area contributed by atoms with E-state index in [-0.39, 0.29) is 4.90 Å². The van der Waals surface area contributed by atoms with Gasteiger partial charge in [-0.15, -0.1) is 0 Å². The predicted molar refractivity (Wildman–Crippen MR) is 131 cm³/mol. The summed E-state index contributed by atoms with van der Waals surface area (Å²) >= 11 is 2.17. The molecule has 0 aliphatic carbocycles. The molecule has 160 valence electrons. The fourth-order valence-electron chi connectivity index (χ4n) is 3.65. The minimum atomic E-state index is -3.92. The van der Waals surface area contributed by atoms with E-state index in [0.29, 0.717) is 28.0 Å². The summed E-state index contributed by atoms with van der Waals surface area (Å²) in [6.45, 7) is 1.91. The molecule has 0 atom stereocenters. The number of fused-ring (bicyclic) bond motifs is 3. The Morgan fingerprint density at radius 1 is 1.03 bits per heavy atom. The summed E-state index contributed by atoms with van der Waals surface area (Å²) in [5.74, 6) is 0.574. The molecule has 0 fully saturated rings. The van der Waals surface area contributed by atoms with E-state index < -0.39 is 10.0 Å². The number of rotatable bonds is 4. The first-order valence-electron chi connectivity index (χ1n) is 9.67. The summed E-state index contributed by atoms with van der Waals surface area (Å²) in [4.78, 5) is 13.4. The first-order valence-corrected chi connectivity index (χ1v) is 12.2. The van der Waals surface area contributed by atoms with Crippen LogP contribution in [0.15, 0.2) is 72.1 Å². The SMILES string of the molecule is COc1cnc2c(c1I)c1cc(-c3cccnc3)ncc1n2S(=O)(=O)c1ccc(C)cc1. The molecule has 0 spiro atoms. The van der Waals surface area contributed by atoms with Crippen molar-refractivity contribution in [3.05, 3.63) is 76.4 Å². The first kappa shape index (κ1) is 20.8. The van der Waals surface area contributed by atoms with Crippen molar-refractivity contribution in [2.75, 3.05) is 7.11 Å². The Labute approximate surface area is 198 Å². The minimum Gasteiger partial charge on any atom is -0.494 e. The highest BCUT2D eigenvalue weighted by molar-refractivity contribution is 14.1. The van der Waals surface area contributed by atoms with Gasteiger partial charge in [0.2, 0.25) is 0 Å². The van der Waals surface area contributed by atoms with Gasteiger partial charge in [0.15, 0.2) is 11.4 Å². The molecular weight excluding hydrogens is 539 g/mol. The lowest BCUT2D eigenvalue weighted by Crippen LogP contribution is -2.13. The standard InChI is InChI=1S/C23H17IN4O3S/c1-14-5-7-16(8-6-14)32(29,30)28-19-12-26-18(15-4-3-9-25-11-15)10-17(19)21-22(24)20(31-2)13-27-23(21)28/h3-13H,1-2H3. The molecule has 4 heterocycles. The van der Waals surface area contributed by atoms with Gasteiger partial charge in [-0.05, 0) is 59.8 Å². The van der Waals surface area contributed by atoms with E-state index in [1.165, 1.54) is 3.97 Å². The lowest BCUT2D eigenvalue weighted by Gasteiger charge is -2.09. The molecule has 0 saturated carbocycles. The zero-order chi connectivity index (χ0) is 22.5. The molecule has 0 bridgehead atoms. The Hall–Kier alpha value is -3.05. The van der Waals surface area contributed by atoms with E-state index in [1.54, 1.807) is 56.2 Å². The molecule has 32 heavy (non-hydrogen) atoms. The Morgan fingerprint density at radius 3 is 2.50 bits per heavy atom. The largest absolute Gasteiger partial charge is 0.494 e. The van der Waals surface area contributed by atoms with E-state index in [0.717, 1.165) is 20.1 Å². The van der Waals surface area contributed by atoms with E-state index in [2.05, 4.69) is 37.5 Å². The van der Waals surface area contributed by atoms with Gasteiger partial charge in [-0.3, -0.25) is 9.97 Å². The molecule has 7 nitrogen and oxygen atoms in total. The number of aryl methyl sites for hydroxylation is 1. The predicted octanol–water partition coefficient (Wildman–Crippen LogP) is 4.81. The molecule has 0 aliphatic rings. The average Bonchev–Trinajstić information content (AvgIpc) is 3.15. The van der Waals surface area contributed by atoms with Gasteiger partial charge in [0.25, 0.3) is 10.0 Å². The van der Waals surface area contributed by atoms with Crippen molar-refractivity contribution in [3.8, 4) is 17.0 Å². The summed E-state index contributed by atoms with van der Waals surface area (Å²) in [6.07, 6.45) is 6.53. The molecule has 1 aromatic carbocycles. The van der Waals surface area contributed by atoms with Crippen molar-refractivity contribution < 1.29 is 13.2 Å². The van der Waals surface area contributed by atoms with Crippen LogP contribution in [0.1, 0.15) is 5.56 Å². The third-order valence-corrected chi connectivity index (χ3v) is 8.05. The van der Waals surface area contributed by atoms with Crippen LogP contribution in [0, 0.1) is 10.5 Å². The van der Waals surface area contributed by atoms with Crippen LogP contribution in [-0.4, -0.2) is 34.5 Å². The number of hydrogen-bond acceptors (Lipinski definition) is 6. The fraction of sp³-hybridized carbons (Fsp3) is 0.0870. The van der Waals surface area contributed by atoms with Gasteiger partial charge in [-0.2, -0.15) is 0 Å². The smallest absolute Gasteiger partial charge is 0.269 e. The van der Waals surface area contributed by atoms with Crippen LogP contribution in [0.2, 0.25) is 0 Å². The molecule has 0 unspecified atom stereocenters. The number of halogens is 1. The van der Waals surface area contributed by atoms with Gasteiger partial charge in [-0.25, -0.2) is 17.4 Å². The quantitative estimate of drug-likeness (QED) is 0.296. The molecule has 0 aliphatic heterocycles. The third-order valence-electron chi connectivity index (χ3n) is 5.26. The van der Waals surface area contributed by atoms with Gasteiger partial charge in [-0.1, -0.05) is 17.7 Å². The van der Waals surface area contributed by atoms with Crippen molar-refractivity contribution >= 4 is 54.6 Å². The Morgan fingerprint density at radius 2 is 1.81 bits per heavy atom. The number of aromatic nitrogens is 4. The zero-order valence-corrected chi connectivity index (χ0v) is 20.1. The van der Waals surface area contributed by atoms with Gasteiger partial charge in [0.05, 0.1) is 39.2 Å². The van der Waals surface area contributed by atoms with Crippen LogP contribution in [0.3, 0.4) is 0 Å². The number of ether oxygens (including phenoxy) is 1. The van der Waals surface area contributed by atoms with Crippen LogP contribution in [0.5, 0.6) is 5.75 Å². The fourth-order valence-corrected chi connectivity index (χ4v) is 6.01. The van der Waals surface area contributed by atoms with Gasteiger partial charge in [0.1, 0.15) is 0 Å². The number of nitrogens with zero attached hydrogens (tertiary/aromatic N) is 4. The Kier molecular flexibility index (Phi) is 5.09. The normalized spacial score (nSPS) is 11.8. The van der Waals surface area contributed by atoms with Crippen LogP contribution >= 0.6 is 22.6 Å². The van der Waals surface area contributed by atoms with Crippen molar-refractivity contribution in [3.63, 3.8) is 0 Å². The van der Waals surface area contributed by atoms with Crippen molar-refractivity contribution in [1.29, 1.82) is 0 Å². The van der Waals surface area contributed by atoms with Crippen molar-refractivity contribution in [1.82, 2.24) is 18.9 Å². The molecule has 4 aromatic heterocycles. The maximum absolute atomic E-state index is 13.7. The summed E-state index contributed by atoms with van der Waals surface area (Å²) in [7, 11) is -2.36. The van der Waals surface area contributed by atoms with E-state index in [4.69, 9.17) is 4.74 Å². The van der Waals surface area contributed by atoms with Crippen LogP contribution in [-0.2, 0) is 10.0 Å². The topological polar surface area (TPSA) is 87.0 Å². The van der Waals surface area contributed by atoms with Gasteiger partial charge in [0, 0.05) is 28.7 Å². The summed E-state index contributed by atoms with van der Waals surface area (Å²) < 4.78 is 34.9. The summed E-state index contributed by atoms with van der Waals surface area (Å²) in [5, 5.41) is 1.42. The highest BCUT2D eigenvalue weighted by atomic mass is 127. The molecule has 0 N–H and O–H groups in total. The number of hydrogen-bond donors (Lipinski definition) is 0. The van der Waals surface area contributed by atoms with Crippen LogP contribution in [0.25, 0.3) is 33.2 Å². The van der Waals surface area contributed by atoms with Gasteiger partial charge >= 0.3 is 0 Å². The van der Waals surface area contributed by atoms with E-state index >= 15 is 0 Å². The highest BCUT2D eigenvalue weighted by Gasteiger charge is 2.27.